The predicted octanol–water partition coefficient (Wildman–Crippen LogP) is 2.81. The van der Waals surface area contributed by atoms with Crippen LogP contribution in [0.15, 0.2) is 53.4 Å². The summed E-state index contributed by atoms with van der Waals surface area (Å²) in [5.74, 6) is -0.436. The number of halogens is 1. The van der Waals surface area contributed by atoms with Crippen molar-refractivity contribution in [2.24, 2.45) is 5.41 Å². The van der Waals surface area contributed by atoms with E-state index in [1.807, 2.05) is 31.2 Å². The second kappa shape index (κ2) is 6.72. The normalized spacial score (nSPS) is 21.9. The van der Waals surface area contributed by atoms with E-state index >= 15 is 0 Å². The van der Waals surface area contributed by atoms with Crippen molar-refractivity contribution < 1.29 is 18.6 Å². The largest absolute Gasteiger partial charge is 0.396 e. The molecular weight excluding hydrogens is 360 g/mol. The lowest BCUT2D eigenvalue weighted by Crippen LogP contribution is -2.23. The van der Waals surface area contributed by atoms with E-state index in [0.717, 1.165) is 17.5 Å². The zero-order chi connectivity index (χ0) is 18.2. The van der Waals surface area contributed by atoms with Gasteiger partial charge in [-0.15, -0.1) is 0 Å². The molecule has 0 radical (unpaired) electrons. The van der Waals surface area contributed by atoms with Gasteiger partial charge in [0.25, 0.3) is 0 Å². The van der Waals surface area contributed by atoms with E-state index in [1.165, 1.54) is 24.3 Å². The molecule has 1 aliphatic carbocycles. The monoisotopic (exact) mass is 380 g/mol. The van der Waals surface area contributed by atoms with Crippen LogP contribution in [-0.2, 0) is 16.3 Å². The summed E-state index contributed by atoms with van der Waals surface area (Å²) in [4.78, 5) is 0.154. The van der Waals surface area contributed by atoms with Crippen LogP contribution < -0.4 is 0 Å². The summed E-state index contributed by atoms with van der Waals surface area (Å²) >= 11 is 5.85. The minimum absolute atomic E-state index is 0.154. The third kappa shape index (κ3) is 2.99. The Morgan fingerprint density at radius 1 is 1.00 bits per heavy atom. The van der Waals surface area contributed by atoms with Gasteiger partial charge in [-0.05, 0) is 41.8 Å². The molecule has 134 valence electrons. The summed E-state index contributed by atoms with van der Waals surface area (Å²) < 4.78 is 26.2. The molecule has 2 atom stereocenters. The second-order valence-electron chi connectivity index (χ2n) is 6.54. The number of benzene rings is 2. The molecule has 0 aliphatic heterocycles. The Hall–Kier alpha value is -1.40. The fraction of sp³-hybridized carbons (Fsp3) is 0.368. The molecule has 2 aromatic rings. The van der Waals surface area contributed by atoms with Gasteiger partial charge in [0.1, 0.15) is 0 Å². The average molecular weight is 381 g/mol. The summed E-state index contributed by atoms with van der Waals surface area (Å²) in [6.07, 6.45) is 0.891. The van der Waals surface area contributed by atoms with Crippen LogP contribution in [0.25, 0.3) is 0 Å². The summed E-state index contributed by atoms with van der Waals surface area (Å²) in [5, 5.41) is 19.3. The lowest BCUT2D eigenvalue weighted by molar-refractivity contribution is 0.130. The molecule has 0 bridgehead atoms. The maximum atomic E-state index is 13.1. The highest BCUT2D eigenvalue weighted by molar-refractivity contribution is 7.92. The summed E-state index contributed by atoms with van der Waals surface area (Å²) in [6.45, 7) is 1.27. The number of aliphatic hydroxyl groups is 2. The Morgan fingerprint density at radius 2 is 1.56 bits per heavy atom. The van der Waals surface area contributed by atoms with Crippen molar-refractivity contribution in [1.29, 1.82) is 0 Å². The maximum absolute atomic E-state index is 13.1. The molecule has 0 saturated heterocycles. The van der Waals surface area contributed by atoms with Crippen LogP contribution in [0.3, 0.4) is 0 Å². The predicted molar refractivity (Wildman–Crippen MR) is 97.6 cm³/mol. The molecule has 3 rings (SSSR count). The topological polar surface area (TPSA) is 74.6 Å². The molecule has 0 aromatic heterocycles. The van der Waals surface area contributed by atoms with Crippen molar-refractivity contribution >= 4 is 21.4 Å². The van der Waals surface area contributed by atoms with Crippen LogP contribution in [0.2, 0.25) is 5.02 Å². The number of hydrogen-bond acceptors (Lipinski definition) is 4. The lowest BCUT2D eigenvalue weighted by atomic mass is 9.99. The van der Waals surface area contributed by atoms with Crippen molar-refractivity contribution in [3.8, 4) is 0 Å². The second-order valence-corrected chi connectivity index (χ2v) is 9.05. The molecule has 6 heteroatoms. The molecule has 0 amide bonds. The highest BCUT2D eigenvalue weighted by Gasteiger charge is 2.70. The summed E-state index contributed by atoms with van der Waals surface area (Å²) in [7, 11) is -3.71. The van der Waals surface area contributed by atoms with Gasteiger partial charge in [-0.25, -0.2) is 8.42 Å². The van der Waals surface area contributed by atoms with Gasteiger partial charge in [0.15, 0.2) is 9.84 Å². The lowest BCUT2D eigenvalue weighted by Gasteiger charge is -2.11. The number of aliphatic hydroxyl groups excluding tert-OH is 2. The molecule has 0 unspecified atom stereocenters. The van der Waals surface area contributed by atoms with Crippen LogP contribution in [0.1, 0.15) is 24.0 Å². The average Bonchev–Trinajstić information content (AvgIpc) is 3.33. The van der Waals surface area contributed by atoms with Gasteiger partial charge in [-0.2, -0.15) is 0 Å². The molecule has 2 aromatic carbocycles. The SMILES string of the molecule is CCc1ccc([C@H]2[C@@H](S(=O)(=O)c3ccc(Cl)cc3)C2(CO)CO)cc1. The van der Waals surface area contributed by atoms with E-state index in [4.69, 9.17) is 11.6 Å². The first-order valence-corrected chi connectivity index (χ1v) is 10.1. The molecular formula is C19H21ClO4S. The minimum atomic E-state index is -3.71. The first-order chi connectivity index (χ1) is 11.9. The zero-order valence-corrected chi connectivity index (χ0v) is 15.5. The van der Waals surface area contributed by atoms with Gasteiger partial charge >= 0.3 is 0 Å². The van der Waals surface area contributed by atoms with Gasteiger partial charge in [0, 0.05) is 16.4 Å². The minimum Gasteiger partial charge on any atom is -0.396 e. The van der Waals surface area contributed by atoms with Crippen molar-refractivity contribution in [3.05, 3.63) is 64.7 Å². The fourth-order valence-corrected chi connectivity index (χ4v) is 6.16. The Morgan fingerprint density at radius 3 is 2.04 bits per heavy atom. The molecule has 1 aliphatic rings. The van der Waals surface area contributed by atoms with E-state index in [9.17, 15) is 18.6 Å². The quantitative estimate of drug-likeness (QED) is 0.808. The third-order valence-electron chi connectivity index (χ3n) is 5.19. The van der Waals surface area contributed by atoms with Gasteiger partial charge in [0.2, 0.25) is 0 Å². The first-order valence-electron chi connectivity index (χ1n) is 8.20. The Kier molecular flexibility index (Phi) is 4.95. The maximum Gasteiger partial charge on any atom is 0.182 e. The molecule has 1 fully saturated rings. The molecule has 25 heavy (non-hydrogen) atoms. The van der Waals surface area contributed by atoms with Crippen LogP contribution in [0.4, 0.5) is 0 Å². The van der Waals surface area contributed by atoms with Crippen molar-refractivity contribution in [2.45, 2.75) is 29.4 Å². The van der Waals surface area contributed by atoms with Crippen molar-refractivity contribution in [1.82, 2.24) is 0 Å². The Bertz CT molecular complexity index is 840. The smallest absolute Gasteiger partial charge is 0.182 e. The fourth-order valence-electron chi connectivity index (χ4n) is 3.61. The molecule has 0 heterocycles. The van der Waals surface area contributed by atoms with Gasteiger partial charge < -0.3 is 10.2 Å². The molecule has 0 spiro atoms. The summed E-state index contributed by atoms with van der Waals surface area (Å²) in [5.41, 5.74) is 0.912. The van der Waals surface area contributed by atoms with Crippen LogP contribution in [0.5, 0.6) is 0 Å². The van der Waals surface area contributed by atoms with Crippen molar-refractivity contribution in [3.63, 3.8) is 0 Å². The molecule has 4 nitrogen and oxygen atoms in total. The van der Waals surface area contributed by atoms with E-state index in [1.54, 1.807) is 0 Å². The van der Waals surface area contributed by atoms with E-state index < -0.39 is 26.4 Å². The first kappa shape index (κ1) is 18.4. The highest BCUT2D eigenvalue weighted by Crippen LogP contribution is 2.63. The van der Waals surface area contributed by atoms with Crippen LogP contribution >= 0.6 is 11.6 Å². The Balaban J connectivity index is 2.02. The van der Waals surface area contributed by atoms with Gasteiger partial charge in [0.05, 0.1) is 23.4 Å². The molecule has 2 N–H and O–H groups in total. The van der Waals surface area contributed by atoms with Gasteiger partial charge in [-0.1, -0.05) is 42.8 Å². The van der Waals surface area contributed by atoms with E-state index in [-0.39, 0.29) is 18.1 Å². The summed E-state index contributed by atoms with van der Waals surface area (Å²) in [6, 6.07) is 13.7. The molecule has 1 saturated carbocycles. The number of aryl methyl sites for hydroxylation is 1. The van der Waals surface area contributed by atoms with Crippen LogP contribution in [0, 0.1) is 5.41 Å². The Labute approximate surface area is 153 Å². The van der Waals surface area contributed by atoms with Crippen molar-refractivity contribution in [2.75, 3.05) is 13.2 Å². The highest BCUT2D eigenvalue weighted by atomic mass is 35.5. The van der Waals surface area contributed by atoms with Gasteiger partial charge in [-0.3, -0.25) is 0 Å². The van der Waals surface area contributed by atoms with E-state index in [0.29, 0.717) is 5.02 Å². The number of hydrogen-bond donors (Lipinski definition) is 2. The third-order valence-corrected chi connectivity index (χ3v) is 7.78. The standard InChI is InChI=1S/C19H21ClO4S/c1-2-13-3-5-14(6-4-13)17-18(19(17,11-21)12-22)25(23,24)16-9-7-15(20)8-10-16/h3-10,17-18,21-22H,2,11-12H2,1H3/t17-,18+/m0/s1. The van der Waals surface area contributed by atoms with E-state index in [2.05, 4.69) is 0 Å². The number of rotatable bonds is 6. The van der Waals surface area contributed by atoms with Crippen LogP contribution in [-0.4, -0.2) is 37.1 Å². The number of sulfone groups is 1. The zero-order valence-electron chi connectivity index (χ0n) is 13.9.